The summed E-state index contributed by atoms with van der Waals surface area (Å²) in [6, 6.07) is 9.62. The van der Waals surface area contributed by atoms with Crippen molar-refractivity contribution in [3.63, 3.8) is 0 Å². The first-order valence-electron chi connectivity index (χ1n) is 8.92. The minimum absolute atomic E-state index is 0.0842. The molecule has 0 radical (unpaired) electrons. The number of hydrogen-bond donors (Lipinski definition) is 0. The fourth-order valence-corrected chi connectivity index (χ4v) is 4.90. The summed E-state index contributed by atoms with van der Waals surface area (Å²) in [7, 11) is 0. The zero-order valence-corrected chi connectivity index (χ0v) is 16.8. The number of carbonyl (C=O) groups excluding carboxylic acids is 2. The van der Waals surface area contributed by atoms with Crippen LogP contribution in [0.5, 0.6) is 0 Å². The standard InChI is InChI=1S/C19H23N3O2S2/c1-4-15(23)22(14-10-11-14)18-20-21-19(26-18)25-17(12(2)3)16(24)13-8-6-5-7-9-13/h5-9,12,14,17H,4,10-11H2,1-3H3. The molecule has 1 amide bonds. The van der Waals surface area contributed by atoms with Gasteiger partial charge in [0.25, 0.3) is 0 Å². The van der Waals surface area contributed by atoms with Gasteiger partial charge < -0.3 is 0 Å². The molecule has 26 heavy (non-hydrogen) atoms. The van der Waals surface area contributed by atoms with Gasteiger partial charge in [-0.1, -0.05) is 74.2 Å². The molecule has 7 heteroatoms. The lowest BCUT2D eigenvalue weighted by molar-refractivity contribution is -0.118. The van der Waals surface area contributed by atoms with Gasteiger partial charge in [0.1, 0.15) is 0 Å². The van der Waals surface area contributed by atoms with E-state index in [1.54, 1.807) is 4.90 Å². The molecule has 1 fully saturated rings. The van der Waals surface area contributed by atoms with Gasteiger partial charge in [-0.3, -0.25) is 14.5 Å². The van der Waals surface area contributed by atoms with Gasteiger partial charge in [0.15, 0.2) is 10.1 Å². The first-order valence-corrected chi connectivity index (χ1v) is 10.6. The van der Waals surface area contributed by atoms with E-state index in [0.29, 0.717) is 17.1 Å². The van der Waals surface area contributed by atoms with Crippen molar-refractivity contribution in [2.24, 2.45) is 5.92 Å². The summed E-state index contributed by atoms with van der Waals surface area (Å²) in [6.07, 6.45) is 2.50. The van der Waals surface area contributed by atoms with E-state index in [1.807, 2.05) is 51.1 Å². The maximum absolute atomic E-state index is 12.9. The Balaban J connectivity index is 1.77. The third kappa shape index (κ3) is 4.32. The number of carbonyl (C=O) groups is 2. The summed E-state index contributed by atoms with van der Waals surface area (Å²) in [5.41, 5.74) is 0.712. The van der Waals surface area contributed by atoms with Crippen LogP contribution < -0.4 is 4.90 Å². The Bertz CT molecular complexity index is 772. The second-order valence-electron chi connectivity index (χ2n) is 6.71. The van der Waals surface area contributed by atoms with Crippen LogP contribution in [0.4, 0.5) is 5.13 Å². The molecule has 0 N–H and O–H groups in total. The SMILES string of the molecule is CCC(=O)N(c1nnc(SC(C(=O)c2ccccc2)C(C)C)s1)C1CC1. The Hall–Kier alpha value is -1.73. The summed E-state index contributed by atoms with van der Waals surface area (Å²) in [5, 5.41) is 8.90. The topological polar surface area (TPSA) is 63.2 Å². The Kier molecular flexibility index (Phi) is 6.09. The zero-order valence-electron chi connectivity index (χ0n) is 15.2. The van der Waals surface area contributed by atoms with Crippen molar-refractivity contribution in [1.29, 1.82) is 0 Å². The maximum Gasteiger partial charge on any atom is 0.228 e. The molecule has 3 rings (SSSR count). The normalized spacial score (nSPS) is 15.1. The summed E-state index contributed by atoms with van der Waals surface area (Å²) < 4.78 is 0.734. The van der Waals surface area contributed by atoms with Crippen molar-refractivity contribution < 1.29 is 9.59 Å². The summed E-state index contributed by atoms with van der Waals surface area (Å²) in [5.74, 6) is 0.351. The second kappa shape index (κ2) is 8.31. The lowest BCUT2D eigenvalue weighted by Crippen LogP contribution is -2.32. The first kappa shape index (κ1) is 19.0. The molecule has 1 aromatic carbocycles. The number of benzene rings is 1. The van der Waals surface area contributed by atoms with Crippen molar-refractivity contribution >= 4 is 39.9 Å². The minimum atomic E-state index is -0.227. The van der Waals surface area contributed by atoms with Gasteiger partial charge in [0.05, 0.1) is 5.25 Å². The smallest absolute Gasteiger partial charge is 0.228 e. The molecule has 1 aliphatic rings. The number of anilines is 1. The average molecular weight is 390 g/mol. The second-order valence-corrected chi connectivity index (χ2v) is 9.06. The van der Waals surface area contributed by atoms with Crippen molar-refractivity contribution in [2.45, 2.75) is 55.7 Å². The predicted molar refractivity (Wildman–Crippen MR) is 106 cm³/mol. The molecule has 1 aromatic heterocycles. The zero-order chi connectivity index (χ0) is 18.7. The third-order valence-electron chi connectivity index (χ3n) is 4.24. The molecule has 5 nitrogen and oxygen atoms in total. The van der Waals surface area contributed by atoms with Crippen LogP contribution in [0.15, 0.2) is 34.7 Å². The molecule has 2 aromatic rings. The lowest BCUT2D eigenvalue weighted by Gasteiger charge is -2.18. The van der Waals surface area contributed by atoms with Gasteiger partial charge in [0.2, 0.25) is 11.0 Å². The van der Waals surface area contributed by atoms with E-state index in [4.69, 9.17) is 0 Å². The van der Waals surface area contributed by atoms with Gasteiger partial charge in [-0.25, -0.2) is 0 Å². The van der Waals surface area contributed by atoms with Gasteiger partial charge in [-0.15, -0.1) is 10.2 Å². The van der Waals surface area contributed by atoms with Crippen LogP contribution in [-0.2, 0) is 4.79 Å². The van der Waals surface area contributed by atoms with Crippen molar-refractivity contribution in [3.8, 4) is 0 Å². The van der Waals surface area contributed by atoms with E-state index in [9.17, 15) is 9.59 Å². The lowest BCUT2D eigenvalue weighted by atomic mass is 10.0. The molecule has 1 atom stereocenters. The van der Waals surface area contributed by atoms with E-state index in [-0.39, 0.29) is 28.9 Å². The molecular weight excluding hydrogens is 366 g/mol. The van der Waals surface area contributed by atoms with Crippen LogP contribution in [-0.4, -0.2) is 33.2 Å². The van der Waals surface area contributed by atoms with Gasteiger partial charge in [-0.2, -0.15) is 0 Å². The van der Waals surface area contributed by atoms with Crippen LogP contribution in [0.25, 0.3) is 0 Å². The number of Topliss-reactive ketones (excluding diaryl/α,β-unsaturated/α-hetero) is 1. The number of thioether (sulfide) groups is 1. The van der Waals surface area contributed by atoms with Crippen LogP contribution in [0.1, 0.15) is 50.4 Å². The number of amides is 1. The fraction of sp³-hybridized carbons (Fsp3) is 0.474. The minimum Gasteiger partial charge on any atom is -0.293 e. The fourth-order valence-electron chi connectivity index (χ4n) is 2.68. The van der Waals surface area contributed by atoms with Gasteiger partial charge >= 0.3 is 0 Å². The summed E-state index contributed by atoms with van der Waals surface area (Å²) >= 11 is 2.85. The highest BCUT2D eigenvalue weighted by Crippen LogP contribution is 2.38. The largest absolute Gasteiger partial charge is 0.293 e. The number of ketones is 1. The van der Waals surface area contributed by atoms with Gasteiger partial charge in [-0.05, 0) is 18.8 Å². The first-order chi connectivity index (χ1) is 12.5. The van der Waals surface area contributed by atoms with E-state index in [2.05, 4.69) is 10.2 Å². The predicted octanol–water partition coefficient (Wildman–Crippen LogP) is 4.44. The highest BCUT2D eigenvalue weighted by Gasteiger charge is 2.35. The molecule has 1 saturated carbocycles. The number of rotatable bonds is 8. The van der Waals surface area contributed by atoms with Crippen molar-refractivity contribution in [2.75, 3.05) is 4.90 Å². The van der Waals surface area contributed by atoms with Crippen LogP contribution in [0.3, 0.4) is 0 Å². The van der Waals surface area contributed by atoms with E-state index >= 15 is 0 Å². The molecule has 138 valence electrons. The van der Waals surface area contributed by atoms with E-state index < -0.39 is 0 Å². The van der Waals surface area contributed by atoms with Crippen LogP contribution in [0.2, 0.25) is 0 Å². The third-order valence-corrected chi connectivity index (χ3v) is 6.79. The maximum atomic E-state index is 12.9. The molecule has 0 spiro atoms. The Labute approximate surface area is 162 Å². The number of aromatic nitrogens is 2. The highest BCUT2D eigenvalue weighted by atomic mass is 32.2. The van der Waals surface area contributed by atoms with E-state index in [1.165, 1.54) is 23.1 Å². The molecule has 1 aliphatic carbocycles. The number of hydrogen-bond acceptors (Lipinski definition) is 6. The molecule has 1 heterocycles. The van der Waals surface area contributed by atoms with Crippen LogP contribution >= 0.6 is 23.1 Å². The molecule has 1 unspecified atom stereocenters. The van der Waals surface area contributed by atoms with Crippen molar-refractivity contribution in [1.82, 2.24) is 10.2 Å². The molecule has 0 saturated heterocycles. The van der Waals surface area contributed by atoms with Crippen LogP contribution in [0, 0.1) is 5.92 Å². The van der Waals surface area contributed by atoms with Crippen molar-refractivity contribution in [3.05, 3.63) is 35.9 Å². The Morgan fingerprint density at radius 1 is 1.23 bits per heavy atom. The number of nitrogens with zero attached hydrogens (tertiary/aromatic N) is 3. The average Bonchev–Trinajstić information content (AvgIpc) is 3.37. The quantitative estimate of drug-likeness (QED) is 0.379. The molecule has 0 aliphatic heterocycles. The van der Waals surface area contributed by atoms with E-state index in [0.717, 1.165) is 17.2 Å². The summed E-state index contributed by atoms with van der Waals surface area (Å²) in [6.45, 7) is 5.94. The molecular formula is C19H23N3O2S2. The Morgan fingerprint density at radius 3 is 2.50 bits per heavy atom. The van der Waals surface area contributed by atoms with Gasteiger partial charge in [0, 0.05) is 18.0 Å². The Morgan fingerprint density at radius 2 is 1.92 bits per heavy atom. The monoisotopic (exact) mass is 389 g/mol. The highest BCUT2D eigenvalue weighted by molar-refractivity contribution is 8.02. The molecule has 0 bridgehead atoms. The summed E-state index contributed by atoms with van der Waals surface area (Å²) in [4.78, 5) is 26.9.